The van der Waals surface area contributed by atoms with Gasteiger partial charge in [-0.25, -0.2) is 0 Å². The maximum absolute atomic E-state index is 7.06. The molecule has 0 saturated heterocycles. The van der Waals surface area contributed by atoms with Crippen LogP contribution in [0.15, 0.2) is 174 Å². The van der Waals surface area contributed by atoms with E-state index in [-0.39, 0.29) is 27.6 Å². The minimum Gasteiger partial charge on any atom is -0.456 e. The molecule has 396 valence electrons. The van der Waals surface area contributed by atoms with Crippen molar-refractivity contribution in [3.8, 4) is 16.8 Å². The van der Waals surface area contributed by atoms with E-state index in [1.54, 1.807) is 0 Å². The lowest BCUT2D eigenvalue weighted by molar-refractivity contribution is 0.589. The molecule has 0 bridgehead atoms. The van der Waals surface area contributed by atoms with Crippen molar-refractivity contribution >= 4 is 126 Å². The normalized spacial score (nSPS) is 13.3. The zero-order valence-electron chi connectivity index (χ0n) is 48.3. The van der Waals surface area contributed by atoms with Gasteiger partial charge in [-0.3, -0.25) is 0 Å². The molecule has 14 rings (SSSR count). The third kappa shape index (κ3) is 8.51. The maximum Gasteiger partial charge on any atom is 0.211 e. The van der Waals surface area contributed by atoms with Crippen LogP contribution in [-0.4, -0.2) is 11.8 Å². The first-order valence-corrected chi connectivity index (χ1v) is 30.3. The second-order valence-electron chi connectivity index (χ2n) is 27.1. The minimum absolute atomic E-state index is 0.0206. The number of anilines is 2. The quantitative estimate of drug-likeness (QED) is 0.161. The van der Waals surface area contributed by atoms with E-state index in [1.165, 1.54) is 118 Å². The standard InChI is InChI=1S/C74H69BN2OS2/c1-71(2,3)45-22-18-43(19-23-45)54(44-20-24-46(25-21-44)72(4,5)6)35-42-17-31-50-57-38-55(60(41-63(57)78-62(50)36-42)76-49-29-26-47(27-30-49)73(7,8)9)52-32-33-53-56-40-66-58(51-15-13-14-16-64(51)79-66)39-61(56)77-68(53)67(52)75-70-69(77)59-37-48(74(10,11)12)28-34-65(59)80-70/h13-34,36-41,54,75-76H,35H2,1-12H3. The van der Waals surface area contributed by atoms with Crippen LogP contribution in [0.3, 0.4) is 0 Å². The summed E-state index contributed by atoms with van der Waals surface area (Å²) in [5.74, 6) is 0.173. The average molecular weight is 1080 g/mol. The fraction of sp³-hybridized carbons (Fsp3) is 0.243. The highest BCUT2D eigenvalue weighted by atomic mass is 32.1. The smallest absolute Gasteiger partial charge is 0.211 e. The van der Waals surface area contributed by atoms with E-state index >= 15 is 0 Å². The van der Waals surface area contributed by atoms with Crippen molar-refractivity contribution in [2.45, 2.75) is 117 Å². The van der Waals surface area contributed by atoms with Crippen LogP contribution in [0, 0.1) is 0 Å². The Morgan fingerprint density at radius 3 is 1.73 bits per heavy atom. The second-order valence-corrected chi connectivity index (χ2v) is 29.3. The molecule has 0 fully saturated rings. The van der Waals surface area contributed by atoms with E-state index in [2.05, 4.69) is 263 Å². The zero-order chi connectivity index (χ0) is 55.4. The molecule has 0 atom stereocenters. The second kappa shape index (κ2) is 18.1. The van der Waals surface area contributed by atoms with E-state index in [1.807, 2.05) is 22.7 Å². The van der Waals surface area contributed by atoms with E-state index < -0.39 is 0 Å². The maximum atomic E-state index is 7.06. The lowest BCUT2D eigenvalue weighted by Crippen LogP contribution is -2.35. The van der Waals surface area contributed by atoms with E-state index in [9.17, 15) is 0 Å². The van der Waals surface area contributed by atoms with Gasteiger partial charge in [0.25, 0.3) is 0 Å². The highest BCUT2D eigenvalue weighted by Gasteiger charge is 2.32. The lowest BCUT2D eigenvalue weighted by atomic mass is 9.63. The summed E-state index contributed by atoms with van der Waals surface area (Å²) in [6, 6.07) is 65.4. The van der Waals surface area contributed by atoms with Gasteiger partial charge in [-0.2, -0.15) is 0 Å². The molecule has 0 amide bonds. The van der Waals surface area contributed by atoms with Crippen molar-refractivity contribution < 1.29 is 4.42 Å². The van der Waals surface area contributed by atoms with Gasteiger partial charge in [0, 0.05) is 80.6 Å². The molecule has 0 saturated carbocycles. The number of fused-ring (bicyclic) bond motifs is 13. The van der Waals surface area contributed by atoms with Crippen LogP contribution in [0.5, 0.6) is 0 Å². The zero-order valence-corrected chi connectivity index (χ0v) is 50.0. The molecule has 0 spiro atoms. The van der Waals surface area contributed by atoms with Gasteiger partial charge in [0.05, 0.1) is 16.9 Å². The van der Waals surface area contributed by atoms with Crippen molar-refractivity contribution in [1.29, 1.82) is 0 Å². The first kappa shape index (κ1) is 50.8. The number of thiophene rings is 2. The number of aromatic nitrogens is 1. The summed E-state index contributed by atoms with van der Waals surface area (Å²) in [4.78, 5) is 0. The molecule has 6 heteroatoms. The van der Waals surface area contributed by atoms with Gasteiger partial charge in [0.1, 0.15) is 11.2 Å². The van der Waals surface area contributed by atoms with Gasteiger partial charge in [-0.1, -0.05) is 192 Å². The molecule has 1 aliphatic heterocycles. The molecule has 9 aromatic carbocycles. The summed E-state index contributed by atoms with van der Waals surface area (Å²) in [5, 5.41) is 12.8. The van der Waals surface area contributed by atoms with Crippen LogP contribution in [0.25, 0.3) is 90.8 Å². The predicted octanol–water partition coefficient (Wildman–Crippen LogP) is 19.9. The molecule has 5 heterocycles. The Labute approximate surface area is 479 Å². The Morgan fingerprint density at radius 1 is 0.463 bits per heavy atom. The van der Waals surface area contributed by atoms with Crippen LogP contribution >= 0.6 is 22.7 Å². The molecule has 0 unspecified atom stereocenters. The SMILES string of the molecule is CC(C)(C)c1ccc(Nc2cc3oc4cc(CC(c5ccc(C(C)(C)C)cc5)c5ccc(C(C)(C)C)cc5)ccc4c3cc2-c2ccc3c4cc5sc6ccccc6c5cc4n4c3c2Bc2sc3ccc(C(C)(C)C)cc3c2-4)cc1. The molecule has 1 aliphatic rings. The summed E-state index contributed by atoms with van der Waals surface area (Å²) >= 11 is 3.86. The fourth-order valence-corrected chi connectivity index (χ4v) is 15.1. The minimum atomic E-state index is 0.0206. The Bertz CT molecular complexity index is 4570. The molecule has 0 aliphatic carbocycles. The fourth-order valence-electron chi connectivity index (χ4n) is 12.8. The Morgan fingerprint density at radius 2 is 1.06 bits per heavy atom. The number of benzene rings is 9. The number of hydrogen-bond acceptors (Lipinski definition) is 4. The van der Waals surface area contributed by atoms with Crippen molar-refractivity contribution in [2.75, 3.05) is 5.32 Å². The van der Waals surface area contributed by atoms with E-state index in [0.29, 0.717) is 0 Å². The molecule has 80 heavy (non-hydrogen) atoms. The lowest BCUT2D eigenvalue weighted by Gasteiger charge is -2.24. The number of nitrogens with zero attached hydrogens (tertiary/aromatic N) is 1. The molecule has 4 aromatic heterocycles. The molecule has 3 nitrogen and oxygen atoms in total. The van der Waals surface area contributed by atoms with Crippen molar-refractivity contribution in [2.24, 2.45) is 0 Å². The van der Waals surface area contributed by atoms with Crippen molar-refractivity contribution in [3.63, 3.8) is 0 Å². The van der Waals surface area contributed by atoms with Crippen molar-refractivity contribution in [1.82, 2.24) is 4.57 Å². The van der Waals surface area contributed by atoms with Crippen LogP contribution in [0.4, 0.5) is 11.4 Å². The summed E-state index contributed by atoms with van der Waals surface area (Å²) in [5.41, 5.74) is 21.1. The van der Waals surface area contributed by atoms with Crippen LogP contribution < -0.4 is 15.6 Å². The van der Waals surface area contributed by atoms with E-state index in [4.69, 9.17) is 4.42 Å². The highest BCUT2D eigenvalue weighted by Crippen LogP contribution is 2.46. The summed E-state index contributed by atoms with van der Waals surface area (Å²) in [7, 11) is 0.839. The highest BCUT2D eigenvalue weighted by molar-refractivity contribution is 7.29. The molecule has 0 radical (unpaired) electrons. The van der Waals surface area contributed by atoms with Gasteiger partial charge in [0.2, 0.25) is 7.28 Å². The first-order chi connectivity index (χ1) is 38.1. The predicted molar refractivity (Wildman–Crippen MR) is 351 cm³/mol. The molecule has 1 N–H and O–H groups in total. The summed E-state index contributed by atoms with van der Waals surface area (Å²) in [6.07, 6.45) is 0.849. The Balaban J connectivity index is 0.958. The Hall–Kier alpha value is -7.38. The average Bonchev–Trinajstić information content (AvgIpc) is 4.34. The number of furan rings is 1. The van der Waals surface area contributed by atoms with Crippen molar-refractivity contribution in [3.05, 3.63) is 209 Å². The summed E-state index contributed by atoms with van der Waals surface area (Å²) < 4.78 is 15.1. The summed E-state index contributed by atoms with van der Waals surface area (Å²) in [6.45, 7) is 27.6. The first-order valence-electron chi connectivity index (χ1n) is 28.7. The van der Waals surface area contributed by atoms with Crippen LogP contribution in [0.1, 0.15) is 128 Å². The van der Waals surface area contributed by atoms with Crippen LogP contribution in [-0.2, 0) is 28.1 Å². The third-order valence-corrected chi connectivity index (χ3v) is 19.8. The monoisotopic (exact) mass is 1080 g/mol. The van der Waals surface area contributed by atoms with Gasteiger partial charge in [-0.15, -0.1) is 22.7 Å². The number of hydrogen-bond donors (Lipinski definition) is 1. The third-order valence-electron chi connectivity index (χ3n) is 17.5. The van der Waals surface area contributed by atoms with Crippen LogP contribution in [0.2, 0.25) is 0 Å². The van der Waals surface area contributed by atoms with Gasteiger partial charge < -0.3 is 14.3 Å². The Kier molecular flexibility index (Phi) is 11.5. The topological polar surface area (TPSA) is 30.1 Å². The number of nitrogens with one attached hydrogen (secondary N) is 1. The van der Waals surface area contributed by atoms with Gasteiger partial charge in [0.15, 0.2) is 0 Å². The molecular formula is C74H69BN2OS2. The molecule has 13 aromatic rings. The molecular weight excluding hydrogens is 1010 g/mol. The number of rotatable bonds is 7. The van der Waals surface area contributed by atoms with E-state index in [0.717, 1.165) is 47.0 Å². The van der Waals surface area contributed by atoms with Gasteiger partial charge >= 0.3 is 0 Å². The largest absolute Gasteiger partial charge is 0.456 e. The van der Waals surface area contributed by atoms with Gasteiger partial charge in [-0.05, 0) is 137 Å².